The first-order chi connectivity index (χ1) is 11.3. The molecule has 2 aromatic carbocycles. The van der Waals surface area contributed by atoms with Gasteiger partial charge in [-0.2, -0.15) is 13.2 Å². The molecule has 0 aliphatic heterocycles. The van der Waals surface area contributed by atoms with Crippen LogP contribution in [0.5, 0.6) is 0 Å². The van der Waals surface area contributed by atoms with Crippen LogP contribution in [0, 0.1) is 10.1 Å². The zero-order valence-electron chi connectivity index (χ0n) is 12.1. The predicted octanol–water partition coefficient (Wildman–Crippen LogP) is 4.27. The monoisotopic (exact) mass is 336 g/mol. The number of alkyl halides is 3. The van der Waals surface area contributed by atoms with Gasteiger partial charge in [0.25, 0.3) is 5.69 Å². The highest BCUT2D eigenvalue weighted by Crippen LogP contribution is 2.29. The third-order valence-electron chi connectivity index (χ3n) is 2.97. The quantitative estimate of drug-likeness (QED) is 0.515. The van der Waals surface area contributed by atoms with Crippen molar-refractivity contribution < 1.29 is 22.9 Å². The summed E-state index contributed by atoms with van der Waals surface area (Å²) in [5.41, 5.74) is -0.583. The number of rotatable bonds is 4. The normalized spacial score (nSPS) is 11.5. The number of anilines is 1. The van der Waals surface area contributed by atoms with Gasteiger partial charge in [-0.25, -0.2) is 0 Å². The second-order valence-electron chi connectivity index (χ2n) is 4.75. The highest BCUT2D eigenvalue weighted by atomic mass is 19.4. The number of hydrogen-bond donors (Lipinski definition) is 1. The largest absolute Gasteiger partial charge is 0.416 e. The van der Waals surface area contributed by atoms with Crippen LogP contribution in [-0.4, -0.2) is 10.8 Å². The average Bonchev–Trinajstić information content (AvgIpc) is 2.52. The number of amides is 1. The molecular weight excluding hydrogens is 325 g/mol. The number of non-ortho nitro benzene ring substituents is 1. The molecule has 2 rings (SSSR count). The highest BCUT2D eigenvalue weighted by molar-refractivity contribution is 6.02. The summed E-state index contributed by atoms with van der Waals surface area (Å²) in [6.07, 6.45) is -2.19. The Morgan fingerprint density at radius 2 is 1.83 bits per heavy atom. The summed E-state index contributed by atoms with van der Waals surface area (Å²) < 4.78 is 37.8. The van der Waals surface area contributed by atoms with Crippen molar-refractivity contribution in [3.63, 3.8) is 0 Å². The minimum absolute atomic E-state index is 0.186. The molecule has 124 valence electrons. The lowest BCUT2D eigenvalue weighted by atomic mass is 10.1. The van der Waals surface area contributed by atoms with Gasteiger partial charge in [-0.3, -0.25) is 14.9 Å². The summed E-state index contributed by atoms with van der Waals surface area (Å²) in [5.74, 6) is -0.618. The number of nitrogens with zero attached hydrogens (tertiary/aromatic N) is 1. The predicted molar refractivity (Wildman–Crippen MR) is 82.2 cm³/mol. The molecule has 0 heterocycles. The van der Waals surface area contributed by atoms with Gasteiger partial charge in [0.1, 0.15) is 0 Å². The van der Waals surface area contributed by atoms with E-state index >= 15 is 0 Å². The van der Waals surface area contributed by atoms with Gasteiger partial charge < -0.3 is 5.32 Å². The van der Waals surface area contributed by atoms with Crippen molar-refractivity contribution in [2.24, 2.45) is 0 Å². The summed E-state index contributed by atoms with van der Waals surface area (Å²) >= 11 is 0. The van der Waals surface area contributed by atoms with Gasteiger partial charge in [0.2, 0.25) is 5.91 Å². The van der Waals surface area contributed by atoms with Crippen LogP contribution in [-0.2, 0) is 11.0 Å². The van der Waals surface area contributed by atoms with Gasteiger partial charge in [0.05, 0.1) is 10.5 Å². The van der Waals surface area contributed by atoms with E-state index in [0.717, 1.165) is 18.2 Å². The Balaban J connectivity index is 2.08. The molecule has 2 aromatic rings. The minimum atomic E-state index is -4.46. The van der Waals surface area contributed by atoms with Crippen LogP contribution in [0.25, 0.3) is 6.08 Å². The summed E-state index contributed by atoms with van der Waals surface area (Å²) in [4.78, 5) is 21.8. The van der Waals surface area contributed by atoms with Crippen LogP contribution in [0.2, 0.25) is 0 Å². The number of hydrogen-bond acceptors (Lipinski definition) is 3. The summed E-state index contributed by atoms with van der Waals surface area (Å²) in [5, 5.41) is 13.0. The highest BCUT2D eigenvalue weighted by Gasteiger charge is 2.30. The molecule has 0 atom stereocenters. The fourth-order valence-electron chi connectivity index (χ4n) is 1.87. The maximum atomic E-state index is 12.6. The lowest BCUT2D eigenvalue weighted by Crippen LogP contribution is -2.08. The van der Waals surface area contributed by atoms with E-state index in [4.69, 9.17) is 0 Å². The van der Waals surface area contributed by atoms with Gasteiger partial charge in [0.15, 0.2) is 0 Å². The fourth-order valence-corrected chi connectivity index (χ4v) is 1.87. The Hall–Kier alpha value is -3.16. The molecule has 0 bridgehead atoms. The maximum Gasteiger partial charge on any atom is 0.416 e. The van der Waals surface area contributed by atoms with Crippen molar-refractivity contribution in [3.8, 4) is 0 Å². The van der Waals surface area contributed by atoms with E-state index in [1.54, 1.807) is 0 Å². The Labute approximate surface area is 134 Å². The molecule has 1 N–H and O–H groups in total. The molecule has 0 spiro atoms. The molecule has 1 amide bonds. The number of halogens is 3. The third-order valence-corrected chi connectivity index (χ3v) is 2.97. The molecule has 0 radical (unpaired) electrons. The van der Waals surface area contributed by atoms with Crippen LogP contribution >= 0.6 is 0 Å². The Kier molecular flexibility index (Phi) is 4.98. The smallest absolute Gasteiger partial charge is 0.322 e. The van der Waals surface area contributed by atoms with Gasteiger partial charge >= 0.3 is 6.18 Å². The van der Waals surface area contributed by atoms with Crippen LogP contribution in [0.1, 0.15) is 11.1 Å². The van der Waals surface area contributed by atoms with Crippen molar-refractivity contribution in [2.45, 2.75) is 6.18 Å². The molecule has 24 heavy (non-hydrogen) atoms. The van der Waals surface area contributed by atoms with Crippen LogP contribution < -0.4 is 5.32 Å². The molecule has 0 aliphatic rings. The first-order valence-corrected chi connectivity index (χ1v) is 6.66. The molecule has 8 heteroatoms. The molecule has 0 saturated heterocycles. The van der Waals surface area contributed by atoms with Crippen LogP contribution in [0.3, 0.4) is 0 Å². The van der Waals surface area contributed by atoms with Gasteiger partial charge in [0, 0.05) is 23.9 Å². The van der Waals surface area contributed by atoms with Crippen LogP contribution in [0.4, 0.5) is 24.5 Å². The lowest BCUT2D eigenvalue weighted by molar-refractivity contribution is -0.384. The van der Waals surface area contributed by atoms with E-state index < -0.39 is 22.6 Å². The van der Waals surface area contributed by atoms with E-state index in [-0.39, 0.29) is 16.9 Å². The van der Waals surface area contributed by atoms with Gasteiger partial charge in [-0.05, 0) is 29.8 Å². The van der Waals surface area contributed by atoms with Crippen molar-refractivity contribution in [1.82, 2.24) is 0 Å². The molecule has 0 aliphatic carbocycles. The van der Waals surface area contributed by atoms with E-state index in [1.165, 1.54) is 42.5 Å². The number of benzene rings is 2. The van der Waals surface area contributed by atoms with Crippen molar-refractivity contribution in [2.75, 3.05) is 5.32 Å². The van der Waals surface area contributed by atoms with Crippen LogP contribution in [0.15, 0.2) is 54.6 Å². The molecule has 0 fully saturated rings. The van der Waals surface area contributed by atoms with Crippen molar-refractivity contribution in [1.29, 1.82) is 0 Å². The minimum Gasteiger partial charge on any atom is -0.322 e. The summed E-state index contributed by atoms with van der Waals surface area (Å²) in [6, 6.07) is 9.82. The Morgan fingerprint density at radius 3 is 2.50 bits per heavy atom. The summed E-state index contributed by atoms with van der Waals surface area (Å²) in [7, 11) is 0. The lowest BCUT2D eigenvalue weighted by Gasteiger charge is -2.06. The van der Waals surface area contributed by atoms with E-state index in [1.807, 2.05) is 0 Å². The first kappa shape index (κ1) is 17.2. The van der Waals surface area contributed by atoms with E-state index in [9.17, 15) is 28.1 Å². The summed E-state index contributed by atoms with van der Waals surface area (Å²) in [6.45, 7) is 0. The average molecular weight is 336 g/mol. The fraction of sp³-hybridized carbons (Fsp3) is 0.0625. The molecular formula is C16H11F3N2O3. The second-order valence-corrected chi connectivity index (χ2v) is 4.75. The Morgan fingerprint density at radius 1 is 1.12 bits per heavy atom. The standard InChI is InChI=1S/C16H11F3N2O3/c17-16(18,19)12-4-1-3-11(9-12)7-8-15(22)20-13-5-2-6-14(10-13)21(23)24/h1-10H,(H,20,22). The molecule has 0 unspecified atom stereocenters. The third kappa shape index (κ3) is 4.67. The SMILES string of the molecule is O=C(C=Cc1cccc(C(F)(F)F)c1)Nc1cccc([N+](=O)[O-])c1. The van der Waals surface area contributed by atoms with Crippen molar-refractivity contribution >= 4 is 23.4 Å². The zero-order chi connectivity index (χ0) is 17.7. The maximum absolute atomic E-state index is 12.6. The molecule has 0 aromatic heterocycles. The number of nitro benzene ring substituents is 1. The number of carbonyl (C=O) groups excluding carboxylic acids is 1. The molecule has 5 nitrogen and oxygen atoms in total. The molecule has 0 saturated carbocycles. The number of carbonyl (C=O) groups is 1. The van der Waals surface area contributed by atoms with Gasteiger partial charge in [-0.15, -0.1) is 0 Å². The van der Waals surface area contributed by atoms with Gasteiger partial charge in [-0.1, -0.05) is 18.2 Å². The first-order valence-electron chi connectivity index (χ1n) is 6.66. The topological polar surface area (TPSA) is 72.2 Å². The van der Waals surface area contributed by atoms with E-state index in [0.29, 0.717) is 0 Å². The van der Waals surface area contributed by atoms with Crippen molar-refractivity contribution in [3.05, 3.63) is 75.8 Å². The van der Waals surface area contributed by atoms with E-state index in [2.05, 4.69) is 5.32 Å². The Bertz CT molecular complexity index is 801. The number of nitrogens with one attached hydrogen (secondary N) is 1. The number of nitro groups is 1. The zero-order valence-corrected chi connectivity index (χ0v) is 12.1. The second kappa shape index (κ2) is 6.95.